The molecule has 1 aromatic heterocycles. The van der Waals surface area contributed by atoms with E-state index in [0.29, 0.717) is 30.8 Å². The Kier molecular flexibility index (Phi) is 4.73. The molecule has 1 atom stereocenters. The summed E-state index contributed by atoms with van der Waals surface area (Å²) in [5.41, 5.74) is 3.06. The lowest BCUT2D eigenvalue weighted by molar-refractivity contribution is -0.125. The second kappa shape index (κ2) is 7.34. The van der Waals surface area contributed by atoms with Crippen molar-refractivity contribution in [2.45, 2.75) is 12.5 Å². The minimum absolute atomic E-state index is 0.0614. The number of aromatic nitrogens is 1. The van der Waals surface area contributed by atoms with Crippen molar-refractivity contribution in [2.24, 2.45) is 0 Å². The molecule has 28 heavy (non-hydrogen) atoms. The number of para-hydroxylation sites is 1. The number of rotatable bonds is 5. The van der Waals surface area contributed by atoms with Crippen molar-refractivity contribution in [3.05, 3.63) is 71.2 Å². The van der Waals surface area contributed by atoms with Gasteiger partial charge >= 0.3 is 6.03 Å². The molecule has 0 radical (unpaired) electrons. The molecule has 7 nitrogen and oxygen atoms in total. The Balaban J connectivity index is 1.63. The number of nitrogens with one attached hydrogen (secondary N) is 1. The smallest absolute Gasteiger partial charge is 0.322 e. The van der Waals surface area contributed by atoms with Crippen LogP contribution in [0.2, 0.25) is 0 Å². The molecule has 2 aliphatic heterocycles. The molecule has 0 saturated heterocycles. The molecule has 2 aromatic rings. The van der Waals surface area contributed by atoms with Crippen LogP contribution in [0.25, 0.3) is 0 Å². The summed E-state index contributed by atoms with van der Waals surface area (Å²) in [5.74, 6) is 0.581. The molecule has 7 heteroatoms. The first-order valence-corrected chi connectivity index (χ1v) is 9.19. The summed E-state index contributed by atoms with van der Waals surface area (Å²) in [6.07, 6.45) is 2.41. The molecule has 0 unspecified atom stereocenters. The number of hydrogen-bond acceptors (Lipinski definition) is 4. The summed E-state index contributed by atoms with van der Waals surface area (Å²) in [4.78, 5) is 33.4. The average molecular weight is 378 g/mol. The number of likely N-dealkylation sites (N-methyl/N-ethyl adjacent to an activating group) is 1. The van der Waals surface area contributed by atoms with Gasteiger partial charge in [0.1, 0.15) is 5.75 Å². The van der Waals surface area contributed by atoms with Gasteiger partial charge in [-0.05, 0) is 18.2 Å². The fourth-order valence-electron chi connectivity index (χ4n) is 3.74. The number of carbonyl (C=O) groups is 2. The molecule has 0 spiro atoms. The molecule has 0 fully saturated rings. The summed E-state index contributed by atoms with van der Waals surface area (Å²) >= 11 is 0. The number of carbonyl (C=O) groups excluding carboxylic acids is 2. The number of methoxy groups -OCH3 is 1. The highest BCUT2D eigenvalue weighted by Crippen LogP contribution is 2.38. The van der Waals surface area contributed by atoms with Gasteiger partial charge in [0.15, 0.2) is 0 Å². The Labute approximate surface area is 163 Å². The van der Waals surface area contributed by atoms with Gasteiger partial charge in [-0.25, -0.2) is 4.79 Å². The van der Waals surface area contributed by atoms with Crippen molar-refractivity contribution >= 4 is 11.9 Å². The van der Waals surface area contributed by atoms with Gasteiger partial charge in [0.2, 0.25) is 0 Å². The first kappa shape index (κ1) is 18.0. The highest BCUT2D eigenvalue weighted by molar-refractivity contribution is 6.01. The second-order valence-corrected chi connectivity index (χ2v) is 6.84. The van der Waals surface area contributed by atoms with E-state index in [1.54, 1.807) is 25.3 Å². The summed E-state index contributed by atoms with van der Waals surface area (Å²) < 4.78 is 5.46. The van der Waals surface area contributed by atoms with E-state index in [9.17, 15) is 9.59 Å². The molecule has 144 valence electrons. The molecule has 0 aliphatic carbocycles. The topological polar surface area (TPSA) is 74.8 Å². The van der Waals surface area contributed by atoms with Crippen LogP contribution in [0.1, 0.15) is 17.3 Å². The number of pyridine rings is 1. The monoisotopic (exact) mass is 378 g/mol. The quantitative estimate of drug-likeness (QED) is 0.865. The number of benzene rings is 1. The second-order valence-electron chi connectivity index (χ2n) is 6.84. The van der Waals surface area contributed by atoms with E-state index in [-0.39, 0.29) is 11.9 Å². The molecule has 4 rings (SSSR count). The SMILES string of the molecule is COc1ccccc1[C@@H]1NC(=O)N(C)C2=C1C(=O)N(CCc1ccccn1)C2. The van der Waals surface area contributed by atoms with Crippen molar-refractivity contribution in [1.29, 1.82) is 0 Å². The van der Waals surface area contributed by atoms with E-state index in [1.165, 1.54) is 4.90 Å². The Morgan fingerprint density at radius 2 is 1.96 bits per heavy atom. The molecular weight excluding hydrogens is 356 g/mol. The zero-order valence-electron chi connectivity index (χ0n) is 15.9. The fourth-order valence-corrected chi connectivity index (χ4v) is 3.74. The molecule has 0 bridgehead atoms. The zero-order valence-corrected chi connectivity index (χ0v) is 15.9. The Morgan fingerprint density at radius 1 is 1.18 bits per heavy atom. The number of amides is 3. The van der Waals surface area contributed by atoms with Crippen molar-refractivity contribution in [1.82, 2.24) is 20.1 Å². The Hall–Kier alpha value is -3.35. The maximum Gasteiger partial charge on any atom is 0.322 e. The predicted octanol–water partition coefficient (Wildman–Crippen LogP) is 2.13. The standard InChI is InChI=1S/C21H22N4O3/c1-24-16-13-25(12-10-14-7-5-6-11-22-14)20(26)18(16)19(23-21(24)27)15-8-3-4-9-17(15)28-2/h3-9,11,19H,10,12-13H2,1-2H3,(H,23,27)/t19-/m0/s1. The van der Waals surface area contributed by atoms with E-state index in [1.807, 2.05) is 42.5 Å². The lowest BCUT2D eigenvalue weighted by Gasteiger charge is -2.31. The fraction of sp³-hybridized carbons (Fsp3) is 0.286. The summed E-state index contributed by atoms with van der Waals surface area (Å²) in [5, 5.41) is 2.94. The van der Waals surface area contributed by atoms with Crippen LogP contribution >= 0.6 is 0 Å². The van der Waals surface area contributed by atoms with Crippen molar-refractivity contribution in [2.75, 3.05) is 27.2 Å². The molecule has 0 saturated carbocycles. The molecule has 1 aromatic carbocycles. The molecule has 3 heterocycles. The number of urea groups is 1. The lowest BCUT2D eigenvalue weighted by Crippen LogP contribution is -2.45. The lowest BCUT2D eigenvalue weighted by atomic mass is 9.95. The minimum Gasteiger partial charge on any atom is -0.496 e. The van der Waals surface area contributed by atoms with Crippen LogP contribution in [0.3, 0.4) is 0 Å². The molecule has 1 N–H and O–H groups in total. The number of nitrogens with zero attached hydrogens (tertiary/aromatic N) is 3. The van der Waals surface area contributed by atoms with Crippen LogP contribution in [0, 0.1) is 0 Å². The van der Waals surface area contributed by atoms with Gasteiger partial charge in [-0.3, -0.25) is 14.7 Å². The van der Waals surface area contributed by atoms with Crippen molar-refractivity contribution in [3.63, 3.8) is 0 Å². The van der Waals surface area contributed by atoms with Crippen LogP contribution in [-0.4, -0.2) is 54.0 Å². The summed E-state index contributed by atoms with van der Waals surface area (Å²) in [7, 11) is 3.28. The van der Waals surface area contributed by atoms with Gasteiger partial charge in [0.05, 0.1) is 31.0 Å². The van der Waals surface area contributed by atoms with Crippen LogP contribution in [0.15, 0.2) is 59.9 Å². The third kappa shape index (κ3) is 3.09. The van der Waals surface area contributed by atoms with Gasteiger partial charge < -0.3 is 15.0 Å². The minimum atomic E-state index is -0.526. The van der Waals surface area contributed by atoms with Gasteiger partial charge in [-0.2, -0.15) is 0 Å². The molecule has 2 aliphatic rings. The maximum absolute atomic E-state index is 13.2. The highest BCUT2D eigenvalue weighted by atomic mass is 16.5. The van der Waals surface area contributed by atoms with Crippen LogP contribution in [0.5, 0.6) is 5.75 Å². The first-order chi connectivity index (χ1) is 13.6. The first-order valence-electron chi connectivity index (χ1n) is 9.19. The highest BCUT2D eigenvalue weighted by Gasteiger charge is 2.43. The Morgan fingerprint density at radius 3 is 2.71 bits per heavy atom. The van der Waals surface area contributed by atoms with E-state index >= 15 is 0 Å². The largest absolute Gasteiger partial charge is 0.496 e. The van der Waals surface area contributed by atoms with Gasteiger partial charge in [0, 0.05) is 37.5 Å². The number of ether oxygens (including phenoxy) is 1. The number of hydrogen-bond donors (Lipinski definition) is 1. The van der Waals surface area contributed by atoms with Gasteiger partial charge in [0.25, 0.3) is 5.91 Å². The van der Waals surface area contributed by atoms with Gasteiger partial charge in [-0.15, -0.1) is 0 Å². The Bertz CT molecular complexity index is 942. The van der Waals surface area contributed by atoms with Crippen LogP contribution < -0.4 is 10.1 Å². The molecular formula is C21H22N4O3. The van der Waals surface area contributed by atoms with Crippen molar-refractivity contribution < 1.29 is 14.3 Å². The summed E-state index contributed by atoms with van der Waals surface area (Å²) in [6.45, 7) is 0.958. The molecule has 3 amide bonds. The van der Waals surface area contributed by atoms with E-state index in [2.05, 4.69) is 10.3 Å². The average Bonchev–Trinajstić information content (AvgIpc) is 3.06. The van der Waals surface area contributed by atoms with E-state index in [4.69, 9.17) is 4.74 Å². The van der Waals surface area contributed by atoms with Crippen LogP contribution in [-0.2, 0) is 11.2 Å². The van der Waals surface area contributed by atoms with E-state index in [0.717, 1.165) is 17.0 Å². The zero-order chi connectivity index (χ0) is 19.7. The third-order valence-corrected chi connectivity index (χ3v) is 5.25. The van der Waals surface area contributed by atoms with E-state index < -0.39 is 6.04 Å². The third-order valence-electron chi connectivity index (χ3n) is 5.25. The van der Waals surface area contributed by atoms with Crippen LogP contribution in [0.4, 0.5) is 4.79 Å². The predicted molar refractivity (Wildman–Crippen MR) is 104 cm³/mol. The van der Waals surface area contributed by atoms with Gasteiger partial charge in [-0.1, -0.05) is 24.3 Å². The summed E-state index contributed by atoms with van der Waals surface area (Å²) in [6, 6.07) is 12.5. The normalized spacial score (nSPS) is 19.0. The maximum atomic E-state index is 13.2. The van der Waals surface area contributed by atoms with Crippen molar-refractivity contribution in [3.8, 4) is 5.75 Å².